The summed E-state index contributed by atoms with van der Waals surface area (Å²) in [5, 5.41) is 0. The summed E-state index contributed by atoms with van der Waals surface area (Å²) in [6.07, 6.45) is 3.08. The lowest BCUT2D eigenvalue weighted by molar-refractivity contribution is -0.348. The molecule has 0 aromatic carbocycles. The van der Waals surface area contributed by atoms with Crippen molar-refractivity contribution in [2.75, 3.05) is 6.61 Å². The highest BCUT2D eigenvalue weighted by molar-refractivity contribution is 4.80. The van der Waals surface area contributed by atoms with Crippen LogP contribution in [0.4, 0.5) is 8.78 Å². The minimum Gasteiger partial charge on any atom is -0.293 e. The first-order valence-electron chi connectivity index (χ1n) is 6.30. The van der Waals surface area contributed by atoms with Crippen molar-refractivity contribution >= 4 is 0 Å². The van der Waals surface area contributed by atoms with Gasteiger partial charge in [-0.25, -0.2) is 0 Å². The second kappa shape index (κ2) is 4.96. The van der Waals surface area contributed by atoms with Gasteiger partial charge in [0.15, 0.2) is 0 Å². The summed E-state index contributed by atoms with van der Waals surface area (Å²) < 4.78 is 34.4. The summed E-state index contributed by atoms with van der Waals surface area (Å²) in [4.78, 5) is 0. The number of alkyl halides is 2. The van der Waals surface area contributed by atoms with E-state index in [4.69, 9.17) is 0 Å². The molecule has 0 amide bonds. The number of rotatable bonds is 3. The Bertz CT molecular complexity index is 225. The van der Waals surface area contributed by atoms with E-state index < -0.39 is 12.4 Å². The van der Waals surface area contributed by atoms with Crippen molar-refractivity contribution in [1.29, 1.82) is 0 Å². The fourth-order valence-electron chi connectivity index (χ4n) is 2.91. The van der Waals surface area contributed by atoms with Crippen LogP contribution in [0.15, 0.2) is 0 Å². The van der Waals surface area contributed by atoms with Crippen LogP contribution in [0.25, 0.3) is 0 Å². The van der Waals surface area contributed by atoms with Crippen molar-refractivity contribution in [3.05, 3.63) is 0 Å². The highest BCUT2D eigenvalue weighted by atomic mass is 19.3. The van der Waals surface area contributed by atoms with E-state index in [1.54, 1.807) is 0 Å². The van der Waals surface area contributed by atoms with Gasteiger partial charge >= 0.3 is 6.29 Å². The predicted molar refractivity (Wildman–Crippen MR) is 56.1 cm³/mol. The normalized spacial score (nSPS) is 38.8. The van der Waals surface area contributed by atoms with E-state index >= 15 is 0 Å². The Balaban J connectivity index is 1.77. The van der Waals surface area contributed by atoms with Crippen LogP contribution in [0.5, 0.6) is 0 Å². The largest absolute Gasteiger partial charge is 0.485 e. The molecule has 4 heteroatoms. The Kier molecular flexibility index (Phi) is 3.80. The highest BCUT2D eigenvalue weighted by Gasteiger charge is 2.46. The molecule has 2 rings (SSSR count). The molecule has 0 N–H and O–H groups in total. The van der Waals surface area contributed by atoms with Crippen LogP contribution in [0.1, 0.15) is 45.4 Å². The second-order valence-corrected chi connectivity index (χ2v) is 5.00. The molecule has 0 aromatic heterocycles. The lowest BCUT2D eigenvalue weighted by atomic mass is 9.78. The van der Waals surface area contributed by atoms with Gasteiger partial charge in [-0.05, 0) is 24.7 Å². The van der Waals surface area contributed by atoms with Crippen molar-refractivity contribution in [3.8, 4) is 0 Å². The third kappa shape index (κ3) is 2.92. The molecule has 0 radical (unpaired) electrons. The van der Waals surface area contributed by atoms with E-state index in [2.05, 4.69) is 16.4 Å². The first-order chi connectivity index (χ1) is 7.61. The van der Waals surface area contributed by atoms with Gasteiger partial charge in [-0.1, -0.05) is 32.6 Å². The molecule has 1 unspecified atom stereocenters. The molecule has 0 bridgehead atoms. The molecule has 1 aliphatic carbocycles. The summed E-state index contributed by atoms with van der Waals surface area (Å²) in [6.45, 7) is 2.25. The molecule has 0 aromatic rings. The van der Waals surface area contributed by atoms with E-state index in [9.17, 15) is 8.78 Å². The van der Waals surface area contributed by atoms with E-state index in [0.717, 1.165) is 31.6 Å². The summed E-state index contributed by atoms with van der Waals surface area (Å²) in [5.41, 5.74) is 0. The predicted octanol–water partition coefficient (Wildman–Crippen LogP) is 3.56. The van der Waals surface area contributed by atoms with E-state index in [1.807, 2.05) is 0 Å². The molecule has 0 spiro atoms. The fraction of sp³-hybridized carbons (Fsp3) is 1.00. The molecular formula is C12H20F2O2. The average Bonchev–Trinajstić information content (AvgIpc) is 2.61. The number of hydrogen-bond donors (Lipinski definition) is 0. The van der Waals surface area contributed by atoms with Gasteiger partial charge in [-0.15, -0.1) is 8.78 Å². The van der Waals surface area contributed by atoms with Gasteiger partial charge in [0.2, 0.25) is 0 Å². The summed E-state index contributed by atoms with van der Waals surface area (Å²) in [6, 6.07) is 0. The van der Waals surface area contributed by atoms with Gasteiger partial charge in [-0.3, -0.25) is 9.47 Å². The molecule has 2 fully saturated rings. The van der Waals surface area contributed by atoms with E-state index in [-0.39, 0.29) is 12.5 Å². The molecule has 2 nitrogen and oxygen atoms in total. The molecule has 1 atom stereocenters. The highest BCUT2D eigenvalue weighted by Crippen LogP contribution is 2.38. The maximum atomic E-state index is 12.7. The Hall–Kier alpha value is -0.220. The van der Waals surface area contributed by atoms with Gasteiger partial charge < -0.3 is 0 Å². The third-order valence-electron chi connectivity index (χ3n) is 3.82. The zero-order chi connectivity index (χ0) is 11.6. The molecule has 16 heavy (non-hydrogen) atoms. The van der Waals surface area contributed by atoms with Crippen LogP contribution >= 0.6 is 0 Å². The first kappa shape index (κ1) is 12.2. The zero-order valence-electron chi connectivity index (χ0n) is 9.75. The minimum atomic E-state index is -3.34. The molecular weight excluding hydrogens is 214 g/mol. The Morgan fingerprint density at radius 2 is 1.88 bits per heavy atom. The lowest BCUT2D eigenvalue weighted by Crippen LogP contribution is -2.29. The second-order valence-electron chi connectivity index (χ2n) is 5.00. The van der Waals surface area contributed by atoms with Crippen molar-refractivity contribution in [2.45, 2.75) is 57.8 Å². The smallest absolute Gasteiger partial charge is 0.293 e. The average molecular weight is 234 g/mol. The van der Waals surface area contributed by atoms with Crippen LogP contribution < -0.4 is 0 Å². The Morgan fingerprint density at radius 3 is 2.38 bits per heavy atom. The summed E-state index contributed by atoms with van der Waals surface area (Å²) in [5.74, 6) is 1.06. The monoisotopic (exact) mass is 234 g/mol. The van der Waals surface area contributed by atoms with Gasteiger partial charge in [0, 0.05) is 0 Å². The molecule has 94 valence electrons. The number of halogens is 2. The first-order valence-corrected chi connectivity index (χ1v) is 6.30. The van der Waals surface area contributed by atoms with Gasteiger partial charge in [0.05, 0.1) is 12.7 Å². The standard InChI is InChI=1S/C12H20F2O2/c1-2-3-9-4-6-10(7-5-9)11-8-15-12(13,14)16-11/h9-11H,2-8H2,1H3. The molecule has 1 aliphatic heterocycles. The van der Waals surface area contributed by atoms with Crippen molar-refractivity contribution in [2.24, 2.45) is 11.8 Å². The number of ether oxygens (including phenoxy) is 2. The molecule has 2 aliphatic rings. The summed E-state index contributed by atoms with van der Waals surface area (Å²) >= 11 is 0. The SMILES string of the molecule is CCCC1CCC(C2COC(F)(F)O2)CC1. The zero-order valence-corrected chi connectivity index (χ0v) is 9.75. The van der Waals surface area contributed by atoms with Crippen LogP contribution in [-0.2, 0) is 9.47 Å². The van der Waals surface area contributed by atoms with Crippen LogP contribution in [0.2, 0.25) is 0 Å². The van der Waals surface area contributed by atoms with E-state index in [1.165, 1.54) is 12.8 Å². The van der Waals surface area contributed by atoms with Crippen LogP contribution in [0, 0.1) is 11.8 Å². The van der Waals surface area contributed by atoms with Crippen molar-refractivity contribution < 1.29 is 18.3 Å². The van der Waals surface area contributed by atoms with Gasteiger partial charge in [-0.2, -0.15) is 0 Å². The van der Waals surface area contributed by atoms with Crippen LogP contribution in [0.3, 0.4) is 0 Å². The maximum absolute atomic E-state index is 12.7. The molecule has 1 heterocycles. The minimum absolute atomic E-state index is 0.0517. The quantitative estimate of drug-likeness (QED) is 0.743. The maximum Gasteiger partial charge on any atom is 0.485 e. The summed E-state index contributed by atoms with van der Waals surface area (Å²) in [7, 11) is 0. The lowest BCUT2D eigenvalue weighted by Gasteiger charge is -2.30. The third-order valence-corrected chi connectivity index (χ3v) is 3.82. The molecule has 1 saturated heterocycles. The van der Waals surface area contributed by atoms with E-state index in [0.29, 0.717) is 0 Å². The van der Waals surface area contributed by atoms with Gasteiger partial charge in [0.25, 0.3) is 0 Å². The fourth-order valence-corrected chi connectivity index (χ4v) is 2.91. The Labute approximate surface area is 95.3 Å². The van der Waals surface area contributed by atoms with Gasteiger partial charge in [0.1, 0.15) is 0 Å². The topological polar surface area (TPSA) is 18.5 Å². The van der Waals surface area contributed by atoms with Crippen molar-refractivity contribution in [1.82, 2.24) is 0 Å². The Morgan fingerprint density at radius 1 is 1.19 bits per heavy atom. The van der Waals surface area contributed by atoms with Crippen molar-refractivity contribution in [3.63, 3.8) is 0 Å². The number of hydrogen-bond acceptors (Lipinski definition) is 2. The van der Waals surface area contributed by atoms with Crippen LogP contribution in [-0.4, -0.2) is 19.0 Å². The molecule has 1 saturated carbocycles.